The fourth-order valence-electron chi connectivity index (χ4n) is 0.697. The second kappa shape index (κ2) is 8.91. The topological polar surface area (TPSA) is 124 Å². The number of carboxylic acid groups (broad SMARTS) is 2. The third kappa shape index (κ3) is 17.4. The molecule has 0 aliphatic carbocycles. The molecular formula is C10H22N2O5. The van der Waals surface area contributed by atoms with Crippen LogP contribution in [0.1, 0.15) is 12.8 Å². The van der Waals surface area contributed by atoms with E-state index in [2.05, 4.69) is 21.1 Å². The van der Waals surface area contributed by atoms with Gasteiger partial charge in [0.1, 0.15) is 12.6 Å². The fourth-order valence-corrected chi connectivity index (χ4v) is 0.697. The highest BCUT2D eigenvalue weighted by atomic mass is 16.4. The van der Waals surface area contributed by atoms with E-state index >= 15 is 0 Å². The van der Waals surface area contributed by atoms with E-state index in [0.717, 1.165) is 11.0 Å². The van der Waals surface area contributed by atoms with Crippen LogP contribution in [0.25, 0.3) is 0 Å². The Morgan fingerprint density at radius 1 is 1.35 bits per heavy atom. The summed E-state index contributed by atoms with van der Waals surface area (Å²) in [5.74, 6) is -2.47. The first-order valence-corrected chi connectivity index (χ1v) is 5.19. The van der Waals surface area contributed by atoms with Gasteiger partial charge in [-0.25, -0.2) is 0 Å². The second-order valence-corrected chi connectivity index (χ2v) is 4.59. The minimum atomic E-state index is -1.28. The van der Waals surface area contributed by atoms with Gasteiger partial charge in [0.25, 0.3) is 0 Å². The largest absolute Gasteiger partial charge is 0.550 e. The number of quaternary nitrogens is 1. The van der Waals surface area contributed by atoms with Crippen molar-refractivity contribution in [3.63, 3.8) is 0 Å². The summed E-state index contributed by atoms with van der Waals surface area (Å²) in [5, 5.41) is 26.3. The van der Waals surface area contributed by atoms with Crippen LogP contribution in [0.4, 0.5) is 0 Å². The standard InChI is InChI=1S/C5H9NO4.C5H14NO/c6-3(5(9)10)1-2-4(7)8;1-6(2,3)4-5-7/h3H,1-2,6H2,(H,7,8)(H,9,10);7H,4-5H2,1-3H3/q;+1/p-1/t3-;/m0./s1. The van der Waals surface area contributed by atoms with Crippen LogP contribution in [0.2, 0.25) is 0 Å². The number of carboxylic acids is 2. The summed E-state index contributed by atoms with van der Waals surface area (Å²) in [6.07, 6.45) is -0.398. The van der Waals surface area contributed by atoms with Gasteiger partial charge in [-0.3, -0.25) is 4.79 Å². The Kier molecular flexibility index (Phi) is 9.54. The van der Waals surface area contributed by atoms with Gasteiger partial charge in [-0.15, -0.1) is 0 Å². The second-order valence-electron chi connectivity index (χ2n) is 4.59. The van der Waals surface area contributed by atoms with Crippen LogP contribution < -0.4 is 10.8 Å². The average Bonchev–Trinajstić information content (AvgIpc) is 2.12. The lowest BCUT2D eigenvalue weighted by Gasteiger charge is -2.21. The number of hydrogen-bond acceptors (Lipinski definition) is 5. The van der Waals surface area contributed by atoms with Gasteiger partial charge >= 0.3 is 5.97 Å². The number of likely N-dealkylation sites (N-methyl/N-ethyl adjacent to an activating group) is 1. The summed E-state index contributed by atoms with van der Waals surface area (Å²) in [6.45, 7) is 1.11. The van der Waals surface area contributed by atoms with Gasteiger partial charge in [-0.2, -0.15) is 0 Å². The Morgan fingerprint density at radius 3 is 2.00 bits per heavy atom. The summed E-state index contributed by atoms with van der Waals surface area (Å²) >= 11 is 0. The Balaban J connectivity index is 0. The molecule has 4 N–H and O–H groups in total. The van der Waals surface area contributed by atoms with Crippen LogP contribution in [0.15, 0.2) is 0 Å². The highest BCUT2D eigenvalue weighted by Gasteiger charge is 2.09. The summed E-state index contributed by atoms with van der Waals surface area (Å²) in [7, 11) is 6.16. The van der Waals surface area contributed by atoms with E-state index in [4.69, 9.17) is 15.9 Å². The predicted octanol–water partition coefficient (Wildman–Crippen LogP) is -2.39. The molecule has 102 valence electrons. The molecule has 0 rings (SSSR count). The molecule has 17 heavy (non-hydrogen) atoms. The number of carbonyl (C=O) groups excluding carboxylic acids is 1. The lowest BCUT2D eigenvalue weighted by molar-refractivity contribution is -0.870. The molecule has 0 aromatic carbocycles. The lowest BCUT2D eigenvalue weighted by Crippen LogP contribution is -2.36. The van der Waals surface area contributed by atoms with Crippen LogP contribution >= 0.6 is 0 Å². The highest BCUT2D eigenvalue weighted by molar-refractivity contribution is 5.74. The molecule has 0 aliphatic heterocycles. The maximum atomic E-state index is 9.97. The maximum Gasteiger partial charge on any atom is 0.320 e. The molecule has 0 saturated carbocycles. The van der Waals surface area contributed by atoms with Crippen molar-refractivity contribution in [3.05, 3.63) is 0 Å². The van der Waals surface area contributed by atoms with E-state index in [-0.39, 0.29) is 19.4 Å². The van der Waals surface area contributed by atoms with E-state index in [1.165, 1.54) is 0 Å². The molecule has 0 saturated heterocycles. The van der Waals surface area contributed by atoms with E-state index in [1.807, 2.05) is 0 Å². The Morgan fingerprint density at radius 2 is 1.82 bits per heavy atom. The fraction of sp³-hybridized carbons (Fsp3) is 0.800. The van der Waals surface area contributed by atoms with Crippen LogP contribution in [-0.4, -0.2) is 67.0 Å². The number of aliphatic carboxylic acids is 2. The summed E-state index contributed by atoms with van der Waals surface area (Å²) in [5.41, 5.74) is 4.97. The van der Waals surface area contributed by atoms with Crippen molar-refractivity contribution >= 4 is 11.9 Å². The molecule has 0 amide bonds. The van der Waals surface area contributed by atoms with E-state index in [9.17, 15) is 14.7 Å². The zero-order chi connectivity index (χ0) is 14.1. The Hall–Kier alpha value is -1.18. The number of nitrogens with zero attached hydrogens (tertiary/aromatic N) is 1. The van der Waals surface area contributed by atoms with Crippen LogP contribution in [0, 0.1) is 0 Å². The van der Waals surface area contributed by atoms with Gasteiger partial charge in [-0.1, -0.05) is 0 Å². The van der Waals surface area contributed by atoms with E-state index < -0.39 is 18.0 Å². The summed E-state index contributed by atoms with van der Waals surface area (Å²) < 4.78 is 0.844. The SMILES string of the molecule is C[N+](C)(C)CCO.N[C@@H](CCC(=O)[O-])C(=O)O. The molecule has 0 aliphatic rings. The molecule has 0 aromatic heterocycles. The predicted molar refractivity (Wildman–Crippen MR) is 59.8 cm³/mol. The first kappa shape index (κ1) is 18.2. The molecule has 1 atom stereocenters. The number of aliphatic hydroxyl groups is 1. The Labute approximate surface area is 101 Å². The molecule has 0 radical (unpaired) electrons. The molecule has 0 fully saturated rings. The molecule has 0 unspecified atom stereocenters. The first-order valence-electron chi connectivity index (χ1n) is 5.19. The molecule has 0 aromatic rings. The van der Waals surface area contributed by atoms with Crippen molar-refractivity contribution in [2.75, 3.05) is 34.3 Å². The lowest BCUT2D eigenvalue weighted by atomic mass is 10.2. The first-order chi connectivity index (χ1) is 7.60. The van der Waals surface area contributed by atoms with Gasteiger partial charge in [0.2, 0.25) is 0 Å². The monoisotopic (exact) mass is 250 g/mol. The molecule has 0 spiro atoms. The minimum absolute atomic E-state index is 0.0856. The normalized spacial score (nSPS) is 12.3. The van der Waals surface area contributed by atoms with Crippen LogP contribution in [0.5, 0.6) is 0 Å². The molecule has 0 heterocycles. The maximum absolute atomic E-state index is 9.97. The molecule has 7 heteroatoms. The molecular weight excluding hydrogens is 228 g/mol. The quantitative estimate of drug-likeness (QED) is 0.452. The number of aliphatic hydroxyl groups excluding tert-OH is 1. The van der Waals surface area contributed by atoms with Crippen molar-refractivity contribution in [2.45, 2.75) is 18.9 Å². The van der Waals surface area contributed by atoms with E-state index in [1.54, 1.807) is 0 Å². The van der Waals surface area contributed by atoms with Crippen molar-refractivity contribution < 1.29 is 29.4 Å². The minimum Gasteiger partial charge on any atom is -0.550 e. The zero-order valence-corrected chi connectivity index (χ0v) is 10.5. The van der Waals surface area contributed by atoms with E-state index in [0.29, 0.717) is 0 Å². The zero-order valence-electron chi connectivity index (χ0n) is 10.5. The highest BCUT2D eigenvalue weighted by Crippen LogP contribution is 1.92. The van der Waals surface area contributed by atoms with Crippen molar-refractivity contribution in [1.82, 2.24) is 0 Å². The number of carbonyl (C=O) groups is 2. The van der Waals surface area contributed by atoms with Gasteiger partial charge in [0, 0.05) is 5.97 Å². The average molecular weight is 250 g/mol. The van der Waals surface area contributed by atoms with Crippen molar-refractivity contribution in [3.8, 4) is 0 Å². The number of hydrogen-bond donors (Lipinski definition) is 3. The number of rotatable bonds is 6. The van der Waals surface area contributed by atoms with Gasteiger partial charge in [0.15, 0.2) is 0 Å². The third-order valence-corrected chi connectivity index (χ3v) is 1.75. The molecule has 7 nitrogen and oxygen atoms in total. The smallest absolute Gasteiger partial charge is 0.320 e. The van der Waals surface area contributed by atoms with Gasteiger partial charge < -0.3 is 30.3 Å². The van der Waals surface area contributed by atoms with Crippen LogP contribution in [-0.2, 0) is 9.59 Å². The molecule has 0 bridgehead atoms. The van der Waals surface area contributed by atoms with Crippen molar-refractivity contribution in [1.29, 1.82) is 0 Å². The van der Waals surface area contributed by atoms with Crippen molar-refractivity contribution in [2.24, 2.45) is 5.73 Å². The number of nitrogens with two attached hydrogens (primary N) is 1. The van der Waals surface area contributed by atoms with Gasteiger partial charge in [-0.05, 0) is 12.8 Å². The van der Waals surface area contributed by atoms with Crippen LogP contribution in [0.3, 0.4) is 0 Å². The third-order valence-electron chi connectivity index (χ3n) is 1.75. The summed E-state index contributed by atoms with van der Waals surface area (Å²) in [4.78, 5) is 19.7. The Bertz CT molecular complexity index is 237. The van der Waals surface area contributed by atoms with Gasteiger partial charge in [0.05, 0.1) is 27.7 Å². The summed E-state index contributed by atoms with van der Waals surface area (Å²) in [6, 6.07) is -1.10.